The van der Waals surface area contributed by atoms with E-state index in [1.54, 1.807) is 0 Å². The highest BCUT2D eigenvalue weighted by molar-refractivity contribution is 6.28. The van der Waals surface area contributed by atoms with Crippen molar-refractivity contribution in [3.8, 4) is 0 Å². The maximum Gasteiger partial charge on any atom is 0.231 e. The minimum absolute atomic E-state index is 0.252. The molecule has 7 heteroatoms. The van der Waals surface area contributed by atoms with E-state index in [0.717, 1.165) is 39.3 Å². The third-order valence-electron chi connectivity index (χ3n) is 3.56. The standard InChI is InChI=1S/C12H18ClN5O/c13-10-15-11(14-7-9-3-6-19-8-9)17-12(16-10)18-4-1-2-5-18/h9H,1-8H2,(H,14,15,16,17). The van der Waals surface area contributed by atoms with E-state index in [0.29, 0.717) is 17.8 Å². The molecule has 0 bridgehead atoms. The number of aromatic nitrogens is 3. The molecule has 1 aromatic heterocycles. The smallest absolute Gasteiger partial charge is 0.231 e. The second-order valence-corrected chi connectivity index (χ2v) is 5.37. The molecule has 2 aliphatic heterocycles. The zero-order chi connectivity index (χ0) is 13.1. The summed E-state index contributed by atoms with van der Waals surface area (Å²) < 4.78 is 5.35. The predicted octanol–water partition coefficient (Wildman–Crippen LogP) is 1.57. The number of rotatable bonds is 4. The highest BCUT2D eigenvalue weighted by atomic mass is 35.5. The van der Waals surface area contributed by atoms with Crippen molar-refractivity contribution in [2.24, 2.45) is 5.92 Å². The second-order valence-electron chi connectivity index (χ2n) is 5.03. The van der Waals surface area contributed by atoms with E-state index in [4.69, 9.17) is 16.3 Å². The SMILES string of the molecule is Clc1nc(NCC2CCOC2)nc(N2CCCC2)n1. The van der Waals surface area contributed by atoms with Crippen molar-refractivity contribution in [2.45, 2.75) is 19.3 Å². The lowest BCUT2D eigenvalue weighted by molar-refractivity contribution is 0.187. The lowest BCUT2D eigenvalue weighted by Gasteiger charge is -2.16. The molecule has 0 aliphatic carbocycles. The minimum atomic E-state index is 0.252. The molecule has 3 heterocycles. The van der Waals surface area contributed by atoms with Crippen LogP contribution in [-0.4, -0.2) is 47.8 Å². The summed E-state index contributed by atoms with van der Waals surface area (Å²) in [5, 5.41) is 3.49. The first-order chi connectivity index (χ1) is 9.31. The van der Waals surface area contributed by atoms with Crippen LogP contribution in [-0.2, 0) is 4.74 Å². The van der Waals surface area contributed by atoms with E-state index in [-0.39, 0.29) is 5.28 Å². The first-order valence-corrected chi connectivity index (χ1v) is 7.17. The van der Waals surface area contributed by atoms with Crippen LogP contribution >= 0.6 is 11.6 Å². The van der Waals surface area contributed by atoms with Crippen LogP contribution in [0.5, 0.6) is 0 Å². The van der Waals surface area contributed by atoms with Gasteiger partial charge in [0.05, 0.1) is 6.61 Å². The first kappa shape index (κ1) is 12.9. The zero-order valence-corrected chi connectivity index (χ0v) is 11.6. The molecular weight excluding hydrogens is 266 g/mol. The molecule has 3 rings (SSSR count). The molecule has 1 unspecified atom stereocenters. The molecule has 2 aliphatic rings. The van der Waals surface area contributed by atoms with Gasteiger partial charge in [-0.3, -0.25) is 0 Å². The molecule has 2 saturated heterocycles. The van der Waals surface area contributed by atoms with Gasteiger partial charge in [-0.05, 0) is 30.9 Å². The summed E-state index contributed by atoms with van der Waals surface area (Å²) in [6.07, 6.45) is 3.46. The Hall–Kier alpha value is -1.14. The molecule has 19 heavy (non-hydrogen) atoms. The fraction of sp³-hybridized carbons (Fsp3) is 0.750. The number of nitrogens with one attached hydrogen (secondary N) is 1. The molecule has 1 atom stereocenters. The Morgan fingerprint density at radius 2 is 2.11 bits per heavy atom. The maximum absolute atomic E-state index is 5.97. The summed E-state index contributed by atoms with van der Waals surface area (Å²) in [5.74, 6) is 1.78. The Balaban J connectivity index is 1.66. The Bertz CT molecular complexity index is 432. The normalized spacial score (nSPS) is 23.0. The number of halogens is 1. The number of anilines is 2. The van der Waals surface area contributed by atoms with E-state index < -0.39 is 0 Å². The van der Waals surface area contributed by atoms with Gasteiger partial charge in [0.2, 0.25) is 17.2 Å². The summed E-state index contributed by atoms with van der Waals surface area (Å²) in [5.41, 5.74) is 0. The molecule has 1 N–H and O–H groups in total. The van der Waals surface area contributed by atoms with E-state index in [1.807, 2.05) is 0 Å². The average Bonchev–Trinajstić information content (AvgIpc) is 3.09. The average molecular weight is 284 g/mol. The predicted molar refractivity (Wildman–Crippen MR) is 73.7 cm³/mol. The van der Waals surface area contributed by atoms with Gasteiger partial charge in [-0.25, -0.2) is 0 Å². The summed E-state index contributed by atoms with van der Waals surface area (Å²) >= 11 is 5.97. The van der Waals surface area contributed by atoms with Crippen LogP contribution < -0.4 is 10.2 Å². The number of ether oxygens (including phenoxy) is 1. The second kappa shape index (κ2) is 5.88. The molecule has 0 aromatic carbocycles. The van der Waals surface area contributed by atoms with Gasteiger partial charge in [-0.2, -0.15) is 15.0 Å². The van der Waals surface area contributed by atoms with Crippen LogP contribution in [0.2, 0.25) is 5.28 Å². The van der Waals surface area contributed by atoms with Crippen molar-refractivity contribution in [3.05, 3.63) is 5.28 Å². The van der Waals surface area contributed by atoms with Crippen molar-refractivity contribution >= 4 is 23.5 Å². The van der Waals surface area contributed by atoms with Crippen molar-refractivity contribution in [1.82, 2.24) is 15.0 Å². The Morgan fingerprint density at radius 1 is 1.26 bits per heavy atom. The highest BCUT2D eigenvalue weighted by Crippen LogP contribution is 2.19. The molecule has 0 radical (unpaired) electrons. The van der Waals surface area contributed by atoms with Crippen molar-refractivity contribution in [1.29, 1.82) is 0 Å². The van der Waals surface area contributed by atoms with Crippen LogP contribution in [0, 0.1) is 5.92 Å². The summed E-state index contributed by atoms with van der Waals surface area (Å²) in [6, 6.07) is 0. The third-order valence-corrected chi connectivity index (χ3v) is 3.73. The Labute approximate surface area is 117 Å². The topological polar surface area (TPSA) is 63.2 Å². The zero-order valence-electron chi connectivity index (χ0n) is 10.8. The van der Waals surface area contributed by atoms with Gasteiger partial charge >= 0.3 is 0 Å². The van der Waals surface area contributed by atoms with E-state index in [9.17, 15) is 0 Å². The molecule has 0 saturated carbocycles. The number of hydrogen-bond acceptors (Lipinski definition) is 6. The molecule has 1 aromatic rings. The Kier molecular flexibility index (Phi) is 3.98. The van der Waals surface area contributed by atoms with Crippen LogP contribution in [0.3, 0.4) is 0 Å². The molecule has 2 fully saturated rings. The van der Waals surface area contributed by atoms with E-state index in [2.05, 4.69) is 25.2 Å². The van der Waals surface area contributed by atoms with E-state index >= 15 is 0 Å². The fourth-order valence-corrected chi connectivity index (χ4v) is 2.61. The van der Waals surface area contributed by atoms with Crippen LogP contribution in [0.15, 0.2) is 0 Å². The number of nitrogens with zero attached hydrogens (tertiary/aromatic N) is 4. The maximum atomic E-state index is 5.97. The van der Waals surface area contributed by atoms with Gasteiger partial charge in [-0.1, -0.05) is 0 Å². The summed E-state index contributed by atoms with van der Waals surface area (Å²) in [6.45, 7) is 4.47. The third kappa shape index (κ3) is 3.25. The Morgan fingerprint density at radius 3 is 2.84 bits per heavy atom. The summed E-state index contributed by atoms with van der Waals surface area (Å²) in [7, 11) is 0. The van der Waals surface area contributed by atoms with Gasteiger partial charge in [0.25, 0.3) is 0 Å². The molecule has 104 valence electrons. The van der Waals surface area contributed by atoms with Crippen LogP contribution in [0.25, 0.3) is 0 Å². The van der Waals surface area contributed by atoms with Gasteiger partial charge in [0, 0.05) is 32.2 Å². The van der Waals surface area contributed by atoms with Crippen molar-refractivity contribution in [3.63, 3.8) is 0 Å². The van der Waals surface area contributed by atoms with Gasteiger partial charge in [0.1, 0.15) is 0 Å². The fourth-order valence-electron chi connectivity index (χ4n) is 2.46. The minimum Gasteiger partial charge on any atom is -0.381 e. The van der Waals surface area contributed by atoms with Gasteiger partial charge in [0.15, 0.2) is 0 Å². The van der Waals surface area contributed by atoms with E-state index in [1.165, 1.54) is 12.8 Å². The quantitative estimate of drug-likeness (QED) is 0.905. The molecule has 6 nitrogen and oxygen atoms in total. The van der Waals surface area contributed by atoms with Crippen LogP contribution in [0.4, 0.5) is 11.9 Å². The first-order valence-electron chi connectivity index (χ1n) is 6.79. The monoisotopic (exact) mass is 283 g/mol. The lowest BCUT2D eigenvalue weighted by atomic mass is 10.1. The molecule has 0 spiro atoms. The van der Waals surface area contributed by atoms with Crippen LogP contribution in [0.1, 0.15) is 19.3 Å². The van der Waals surface area contributed by atoms with Gasteiger partial charge < -0.3 is 15.0 Å². The largest absolute Gasteiger partial charge is 0.381 e. The van der Waals surface area contributed by atoms with Crippen molar-refractivity contribution < 1.29 is 4.74 Å². The number of hydrogen-bond donors (Lipinski definition) is 1. The summed E-state index contributed by atoms with van der Waals surface area (Å²) in [4.78, 5) is 14.9. The highest BCUT2D eigenvalue weighted by Gasteiger charge is 2.18. The lowest BCUT2D eigenvalue weighted by Crippen LogP contribution is -2.22. The van der Waals surface area contributed by atoms with Crippen molar-refractivity contribution in [2.75, 3.05) is 43.1 Å². The molecular formula is C12H18ClN5O. The van der Waals surface area contributed by atoms with Gasteiger partial charge in [-0.15, -0.1) is 0 Å². The molecule has 0 amide bonds.